The Morgan fingerprint density at radius 3 is 2.10 bits per heavy atom. The number of anilines is 2. The van der Waals surface area contributed by atoms with Gasteiger partial charge in [-0.1, -0.05) is 11.6 Å². The lowest BCUT2D eigenvalue weighted by molar-refractivity contribution is -0.242. The fourth-order valence-electron chi connectivity index (χ4n) is 2.03. The number of halogens is 4. The summed E-state index contributed by atoms with van der Waals surface area (Å²) in [5, 5.41) is 19.6. The minimum Gasteiger partial charge on any atom is -0.478 e. The van der Waals surface area contributed by atoms with E-state index in [0.29, 0.717) is 0 Å². The van der Waals surface area contributed by atoms with E-state index < -0.39 is 38.7 Å². The molecule has 1 atom stereocenters. The van der Waals surface area contributed by atoms with E-state index in [2.05, 4.69) is 4.72 Å². The molecular weight excluding hydrogens is 453 g/mol. The van der Waals surface area contributed by atoms with Gasteiger partial charge in [0.1, 0.15) is 0 Å². The zero-order valence-electron chi connectivity index (χ0n) is 15.0. The van der Waals surface area contributed by atoms with E-state index >= 15 is 0 Å². The van der Waals surface area contributed by atoms with Crippen molar-refractivity contribution in [2.24, 2.45) is 0 Å². The Hall–Kier alpha value is -2.83. The van der Waals surface area contributed by atoms with Gasteiger partial charge in [0.2, 0.25) is 5.60 Å². The first-order valence-electron chi connectivity index (χ1n) is 7.91. The first-order chi connectivity index (χ1) is 13.6. The van der Waals surface area contributed by atoms with Gasteiger partial charge in [0.25, 0.3) is 15.9 Å². The molecule has 2 aromatic rings. The number of hydrogen-bond donors (Lipinski definition) is 4. The highest BCUT2D eigenvalue weighted by molar-refractivity contribution is 7.92. The monoisotopic (exact) mass is 466 g/mol. The van der Waals surface area contributed by atoms with Crippen molar-refractivity contribution in [1.82, 2.24) is 0 Å². The molecule has 1 amide bonds. The van der Waals surface area contributed by atoms with Crippen LogP contribution in [0, 0.1) is 0 Å². The number of hydrogen-bond acceptors (Lipinski definition) is 5. The van der Waals surface area contributed by atoms with Crippen LogP contribution in [-0.4, -0.2) is 42.3 Å². The summed E-state index contributed by atoms with van der Waals surface area (Å²) in [5.74, 6) is -3.00. The van der Waals surface area contributed by atoms with Crippen LogP contribution in [0.2, 0.25) is 5.02 Å². The number of aliphatic hydroxyl groups is 1. The summed E-state index contributed by atoms with van der Waals surface area (Å²) in [6, 6.07) is 7.60. The van der Waals surface area contributed by atoms with Crippen LogP contribution < -0.4 is 10.0 Å². The van der Waals surface area contributed by atoms with Gasteiger partial charge >= 0.3 is 12.1 Å². The highest BCUT2D eigenvalue weighted by atomic mass is 35.5. The number of aromatic carboxylic acids is 1. The predicted molar refractivity (Wildman–Crippen MR) is 101 cm³/mol. The molecule has 0 heterocycles. The lowest BCUT2D eigenvalue weighted by Crippen LogP contribution is -2.52. The molecule has 0 aliphatic carbocycles. The molecule has 0 aliphatic rings. The smallest absolute Gasteiger partial charge is 0.426 e. The maximum absolute atomic E-state index is 12.7. The molecule has 13 heteroatoms. The van der Waals surface area contributed by atoms with Gasteiger partial charge in [0, 0.05) is 5.69 Å². The maximum Gasteiger partial charge on any atom is 0.426 e. The Kier molecular flexibility index (Phi) is 6.35. The number of amides is 1. The number of alkyl halides is 3. The SMILES string of the molecule is C[C@@](O)(C(=O)Nc1ccc(S(=O)(=O)Nc2ccc(C(=O)O)cc2)cc1Cl)C(F)(F)F. The van der Waals surface area contributed by atoms with Crippen molar-refractivity contribution in [2.75, 3.05) is 10.0 Å². The Labute approximate surface area is 173 Å². The largest absolute Gasteiger partial charge is 0.478 e. The summed E-state index contributed by atoms with van der Waals surface area (Å²) in [6.45, 7) is 0.259. The standard InChI is InChI=1S/C17H14ClF3N2O6S/c1-16(27,17(19,20)21)15(26)22-13-7-6-11(8-12(13)18)30(28,29)23-10-4-2-9(3-5-10)14(24)25/h2-8,23,27H,1H3,(H,22,26)(H,24,25)/t16-/m1/s1. The fraction of sp³-hybridized carbons (Fsp3) is 0.176. The number of carboxylic acids is 1. The first kappa shape index (κ1) is 23.4. The molecule has 0 saturated heterocycles. The van der Waals surface area contributed by atoms with Crippen LogP contribution in [0.4, 0.5) is 24.5 Å². The number of sulfonamides is 1. The van der Waals surface area contributed by atoms with E-state index in [1.807, 2.05) is 0 Å². The van der Waals surface area contributed by atoms with Crippen LogP contribution in [-0.2, 0) is 14.8 Å². The highest BCUT2D eigenvalue weighted by Crippen LogP contribution is 2.33. The van der Waals surface area contributed by atoms with Crippen molar-refractivity contribution < 1.29 is 41.4 Å². The van der Waals surface area contributed by atoms with Gasteiger partial charge < -0.3 is 15.5 Å². The third kappa shape index (κ3) is 5.01. The normalized spacial score (nSPS) is 13.9. The Morgan fingerprint density at radius 1 is 1.07 bits per heavy atom. The Bertz CT molecular complexity index is 1090. The molecule has 0 radical (unpaired) electrons. The second kappa shape index (κ2) is 8.13. The summed E-state index contributed by atoms with van der Waals surface area (Å²) in [4.78, 5) is 22.2. The van der Waals surface area contributed by atoms with Crippen LogP contribution in [0.5, 0.6) is 0 Å². The molecule has 0 fully saturated rings. The van der Waals surface area contributed by atoms with Crippen LogP contribution >= 0.6 is 11.6 Å². The van der Waals surface area contributed by atoms with Gasteiger partial charge in [0.05, 0.1) is 21.2 Å². The Balaban J connectivity index is 2.23. The summed E-state index contributed by atoms with van der Waals surface area (Å²) >= 11 is 5.87. The van der Waals surface area contributed by atoms with E-state index in [4.69, 9.17) is 16.7 Å². The van der Waals surface area contributed by atoms with E-state index in [1.165, 1.54) is 24.3 Å². The van der Waals surface area contributed by atoms with E-state index in [-0.39, 0.29) is 28.8 Å². The van der Waals surface area contributed by atoms with Crippen molar-refractivity contribution in [3.05, 3.63) is 53.1 Å². The van der Waals surface area contributed by atoms with Crippen LogP contribution in [0.25, 0.3) is 0 Å². The fourth-order valence-corrected chi connectivity index (χ4v) is 3.41. The van der Waals surface area contributed by atoms with Crippen molar-refractivity contribution >= 4 is 44.9 Å². The van der Waals surface area contributed by atoms with Gasteiger partial charge in [-0.3, -0.25) is 9.52 Å². The second-order valence-electron chi connectivity index (χ2n) is 6.15. The third-order valence-electron chi connectivity index (χ3n) is 3.88. The molecule has 0 unspecified atom stereocenters. The van der Waals surface area contributed by atoms with Crippen molar-refractivity contribution in [3.8, 4) is 0 Å². The van der Waals surface area contributed by atoms with Crippen LogP contribution in [0.15, 0.2) is 47.4 Å². The minimum absolute atomic E-state index is 0.0507. The van der Waals surface area contributed by atoms with Gasteiger partial charge in [-0.2, -0.15) is 13.2 Å². The lowest BCUT2D eigenvalue weighted by Gasteiger charge is -2.25. The van der Waals surface area contributed by atoms with Crippen molar-refractivity contribution in [3.63, 3.8) is 0 Å². The summed E-state index contributed by atoms with van der Waals surface area (Å²) in [7, 11) is -4.19. The number of rotatable bonds is 6. The van der Waals surface area contributed by atoms with Crippen molar-refractivity contribution in [2.45, 2.75) is 23.6 Å². The molecular formula is C17H14ClF3N2O6S. The summed E-state index contributed by atoms with van der Waals surface area (Å²) in [6.07, 6.45) is -5.24. The van der Waals surface area contributed by atoms with Gasteiger partial charge in [-0.15, -0.1) is 0 Å². The summed E-state index contributed by atoms with van der Waals surface area (Å²) in [5.41, 5.74) is -4.05. The molecule has 0 spiro atoms. The zero-order chi connectivity index (χ0) is 22.9. The second-order valence-corrected chi connectivity index (χ2v) is 8.24. The molecule has 0 bridgehead atoms. The quantitative estimate of drug-likeness (QED) is 0.517. The molecule has 0 saturated carbocycles. The third-order valence-corrected chi connectivity index (χ3v) is 5.57. The molecule has 0 aliphatic heterocycles. The topological polar surface area (TPSA) is 133 Å². The zero-order valence-corrected chi connectivity index (χ0v) is 16.6. The first-order valence-corrected chi connectivity index (χ1v) is 9.77. The predicted octanol–water partition coefficient (Wildman–Crippen LogP) is 3.09. The number of benzene rings is 2. The van der Waals surface area contributed by atoms with Crippen LogP contribution in [0.1, 0.15) is 17.3 Å². The van der Waals surface area contributed by atoms with E-state index in [1.54, 1.807) is 5.32 Å². The van der Waals surface area contributed by atoms with E-state index in [9.17, 15) is 36.3 Å². The highest BCUT2D eigenvalue weighted by Gasteiger charge is 2.55. The molecule has 8 nitrogen and oxygen atoms in total. The molecule has 4 N–H and O–H groups in total. The van der Waals surface area contributed by atoms with Crippen molar-refractivity contribution in [1.29, 1.82) is 0 Å². The lowest BCUT2D eigenvalue weighted by atomic mass is 10.1. The summed E-state index contributed by atoms with van der Waals surface area (Å²) < 4.78 is 65.2. The molecule has 30 heavy (non-hydrogen) atoms. The number of nitrogens with one attached hydrogen (secondary N) is 2. The molecule has 0 aromatic heterocycles. The average Bonchev–Trinajstić information content (AvgIpc) is 2.62. The van der Waals surface area contributed by atoms with Gasteiger partial charge in [0.15, 0.2) is 0 Å². The van der Waals surface area contributed by atoms with E-state index in [0.717, 1.165) is 18.2 Å². The molecule has 2 rings (SSSR count). The number of carbonyl (C=O) groups is 2. The maximum atomic E-state index is 12.7. The van der Waals surface area contributed by atoms with Gasteiger partial charge in [-0.05, 0) is 49.4 Å². The number of carboxylic acid groups (broad SMARTS) is 1. The molecule has 162 valence electrons. The molecule has 2 aromatic carbocycles. The van der Waals surface area contributed by atoms with Gasteiger partial charge in [-0.25, -0.2) is 13.2 Å². The Morgan fingerprint density at radius 2 is 1.63 bits per heavy atom. The number of carbonyl (C=O) groups excluding carboxylic acids is 1. The minimum atomic E-state index is -5.24. The average molecular weight is 467 g/mol. The van der Waals surface area contributed by atoms with Crippen LogP contribution in [0.3, 0.4) is 0 Å².